The van der Waals surface area contributed by atoms with Crippen LogP contribution in [0.25, 0.3) is 0 Å². The van der Waals surface area contributed by atoms with E-state index in [0.29, 0.717) is 17.2 Å². The number of para-hydroxylation sites is 2. The van der Waals surface area contributed by atoms with Gasteiger partial charge in [0.2, 0.25) is 5.91 Å². The second-order valence-electron chi connectivity index (χ2n) is 5.85. The number of methoxy groups -OCH3 is 2. The fourth-order valence-corrected chi connectivity index (χ4v) is 2.40. The smallest absolute Gasteiger partial charge is 0.292 e. The average Bonchev–Trinajstić information content (AvgIpc) is 2.71. The van der Waals surface area contributed by atoms with Gasteiger partial charge in [0, 0.05) is 17.8 Å². The van der Waals surface area contributed by atoms with Gasteiger partial charge < -0.3 is 14.8 Å². The molecule has 0 unspecified atom stereocenters. The van der Waals surface area contributed by atoms with Crippen molar-refractivity contribution in [1.29, 1.82) is 0 Å². The summed E-state index contributed by atoms with van der Waals surface area (Å²) in [5.41, 5.74) is 2.77. The minimum atomic E-state index is -0.584. The van der Waals surface area contributed by atoms with Crippen LogP contribution in [0, 0.1) is 10.1 Å². The van der Waals surface area contributed by atoms with Gasteiger partial charge in [0.15, 0.2) is 0 Å². The van der Waals surface area contributed by atoms with Crippen molar-refractivity contribution in [3.05, 3.63) is 58.1 Å². The van der Waals surface area contributed by atoms with Crippen LogP contribution in [0.1, 0.15) is 23.7 Å². The van der Waals surface area contributed by atoms with Gasteiger partial charge in [-0.15, -0.1) is 0 Å². The molecule has 2 rings (SSSR count). The van der Waals surface area contributed by atoms with Crippen LogP contribution in [0.5, 0.6) is 11.5 Å². The molecule has 0 radical (unpaired) electrons. The minimum Gasteiger partial charge on any atom is -0.497 e. The van der Waals surface area contributed by atoms with E-state index in [9.17, 15) is 19.7 Å². The number of nitro benzene ring substituents is 1. The highest BCUT2D eigenvalue weighted by atomic mass is 16.6. The fourth-order valence-electron chi connectivity index (χ4n) is 2.40. The molecule has 0 heterocycles. The molecule has 2 amide bonds. The van der Waals surface area contributed by atoms with Gasteiger partial charge in [0.1, 0.15) is 17.2 Å². The zero-order chi connectivity index (χ0) is 21.4. The molecule has 2 aromatic rings. The zero-order valence-corrected chi connectivity index (χ0v) is 16.1. The summed E-state index contributed by atoms with van der Waals surface area (Å²) in [5, 5.41) is 17.4. The number of benzene rings is 2. The Morgan fingerprint density at radius 2 is 1.86 bits per heavy atom. The number of nitrogens with zero attached hydrogens (tertiary/aromatic N) is 2. The Labute approximate surface area is 166 Å². The van der Waals surface area contributed by atoms with Crippen molar-refractivity contribution in [2.24, 2.45) is 5.10 Å². The number of anilines is 1. The summed E-state index contributed by atoms with van der Waals surface area (Å²) in [6.45, 7) is 1.55. The zero-order valence-electron chi connectivity index (χ0n) is 16.1. The second kappa shape index (κ2) is 9.83. The Morgan fingerprint density at radius 3 is 2.52 bits per heavy atom. The molecule has 2 aromatic carbocycles. The SMILES string of the molecule is COc1ccc(C(=O)N/N=C(\C)CC(=O)Nc2ccccc2[N+](=O)[O-])c(OC)c1. The summed E-state index contributed by atoms with van der Waals surface area (Å²) in [6, 6.07) is 10.5. The molecular formula is C19H20N4O6. The molecule has 0 bridgehead atoms. The first-order chi connectivity index (χ1) is 13.8. The van der Waals surface area contributed by atoms with Gasteiger partial charge in [-0.3, -0.25) is 19.7 Å². The van der Waals surface area contributed by atoms with E-state index in [1.165, 1.54) is 38.5 Å². The van der Waals surface area contributed by atoms with E-state index in [0.717, 1.165) is 0 Å². The minimum absolute atomic E-state index is 0.0855. The van der Waals surface area contributed by atoms with Crippen LogP contribution in [-0.4, -0.2) is 36.7 Å². The molecule has 0 aromatic heterocycles. The molecule has 0 spiro atoms. The first-order valence-corrected chi connectivity index (χ1v) is 8.44. The third-order valence-corrected chi connectivity index (χ3v) is 3.79. The van der Waals surface area contributed by atoms with Gasteiger partial charge in [-0.05, 0) is 25.1 Å². The number of ether oxygens (including phenoxy) is 2. The lowest BCUT2D eigenvalue weighted by Crippen LogP contribution is -2.22. The van der Waals surface area contributed by atoms with Crippen LogP contribution < -0.4 is 20.2 Å². The summed E-state index contributed by atoms with van der Waals surface area (Å²) >= 11 is 0. The van der Waals surface area contributed by atoms with Crippen LogP contribution in [0.3, 0.4) is 0 Å². The Morgan fingerprint density at radius 1 is 1.14 bits per heavy atom. The maximum atomic E-state index is 12.3. The number of carbonyl (C=O) groups excluding carboxylic acids is 2. The van der Waals surface area contributed by atoms with Crippen LogP contribution >= 0.6 is 0 Å². The van der Waals surface area contributed by atoms with E-state index in [2.05, 4.69) is 15.8 Å². The highest BCUT2D eigenvalue weighted by molar-refractivity contribution is 6.07. The van der Waals surface area contributed by atoms with Crippen molar-refractivity contribution < 1.29 is 24.0 Å². The van der Waals surface area contributed by atoms with Crippen molar-refractivity contribution in [2.45, 2.75) is 13.3 Å². The number of carbonyl (C=O) groups is 2. The van der Waals surface area contributed by atoms with Crippen LogP contribution in [0.2, 0.25) is 0 Å². The van der Waals surface area contributed by atoms with Crippen molar-refractivity contribution in [3.63, 3.8) is 0 Å². The van der Waals surface area contributed by atoms with Crippen molar-refractivity contribution in [1.82, 2.24) is 5.43 Å². The molecule has 29 heavy (non-hydrogen) atoms. The number of hydrazone groups is 1. The molecule has 2 N–H and O–H groups in total. The van der Waals surface area contributed by atoms with Crippen molar-refractivity contribution in [3.8, 4) is 11.5 Å². The molecule has 10 nitrogen and oxygen atoms in total. The number of hydrogen-bond acceptors (Lipinski definition) is 7. The standard InChI is InChI=1S/C19H20N4O6/c1-12(10-18(24)20-15-6-4-5-7-16(15)23(26)27)21-22-19(25)14-9-8-13(28-2)11-17(14)29-3/h4-9,11H,10H2,1-3H3,(H,20,24)(H,22,25)/b21-12+. The molecule has 0 atom stereocenters. The van der Waals surface area contributed by atoms with Crippen LogP contribution in [0.4, 0.5) is 11.4 Å². The molecule has 0 aliphatic carbocycles. The molecule has 0 aliphatic heterocycles. The lowest BCUT2D eigenvalue weighted by atomic mass is 10.2. The number of nitrogens with one attached hydrogen (secondary N) is 2. The van der Waals surface area contributed by atoms with Gasteiger partial charge in [-0.25, -0.2) is 5.43 Å². The lowest BCUT2D eigenvalue weighted by molar-refractivity contribution is -0.383. The number of nitro groups is 1. The van der Waals surface area contributed by atoms with Crippen LogP contribution in [0.15, 0.2) is 47.6 Å². The molecular weight excluding hydrogens is 380 g/mol. The molecule has 0 aliphatic rings. The normalized spacial score (nSPS) is 10.8. The van der Waals surface area contributed by atoms with E-state index in [1.807, 2.05) is 0 Å². The Bertz CT molecular complexity index is 957. The van der Waals surface area contributed by atoms with Gasteiger partial charge in [-0.1, -0.05) is 12.1 Å². The largest absolute Gasteiger partial charge is 0.497 e. The van der Waals surface area contributed by atoms with Crippen molar-refractivity contribution in [2.75, 3.05) is 19.5 Å². The summed E-state index contributed by atoms with van der Waals surface area (Å²) in [7, 11) is 2.92. The molecule has 0 fully saturated rings. The van der Waals surface area contributed by atoms with Crippen LogP contribution in [-0.2, 0) is 4.79 Å². The van der Waals surface area contributed by atoms with E-state index in [-0.39, 0.29) is 23.4 Å². The van der Waals surface area contributed by atoms with Gasteiger partial charge in [0.25, 0.3) is 11.6 Å². The van der Waals surface area contributed by atoms with E-state index in [1.54, 1.807) is 25.1 Å². The first-order valence-electron chi connectivity index (χ1n) is 8.44. The summed E-state index contributed by atoms with van der Waals surface area (Å²) in [5.74, 6) is -0.187. The maximum Gasteiger partial charge on any atom is 0.292 e. The average molecular weight is 400 g/mol. The van der Waals surface area contributed by atoms with E-state index < -0.39 is 16.7 Å². The Hall–Kier alpha value is -3.95. The summed E-state index contributed by atoms with van der Waals surface area (Å²) in [4.78, 5) is 34.8. The van der Waals surface area contributed by atoms with Gasteiger partial charge >= 0.3 is 0 Å². The summed E-state index contributed by atoms with van der Waals surface area (Å²) < 4.78 is 10.2. The third-order valence-electron chi connectivity index (χ3n) is 3.79. The van der Waals surface area contributed by atoms with E-state index in [4.69, 9.17) is 9.47 Å². The fraction of sp³-hybridized carbons (Fsp3) is 0.211. The third kappa shape index (κ3) is 5.76. The quantitative estimate of drug-likeness (QED) is 0.398. The van der Waals surface area contributed by atoms with E-state index >= 15 is 0 Å². The van der Waals surface area contributed by atoms with Crippen molar-refractivity contribution >= 4 is 28.9 Å². The topological polar surface area (TPSA) is 132 Å². The molecule has 0 saturated heterocycles. The Balaban J connectivity index is 2.01. The molecule has 152 valence electrons. The summed E-state index contributed by atoms with van der Waals surface area (Å²) in [6.07, 6.45) is -0.161. The predicted molar refractivity (Wildman–Crippen MR) is 106 cm³/mol. The highest BCUT2D eigenvalue weighted by Gasteiger charge is 2.16. The predicted octanol–water partition coefficient (Wildman–Crippen LogP) is 2.75. The molecule has 10 heteroatoms. The first kappa shape index (κ1) is 21.4. The number of rotatable bonds is 8. The highest BCUT2D eigenvalue weighted by Crippen LogP contribution is 2.25. The second-order valence-corrected chi connectivity index (χ2v) is 5.85. The monoisotopic (exact) mass is 400 g/mol. The number of amides is 2. The number of hydrogen-bond donors (Lipinski definition) is 2. The van der Waals surface area contributed by atoms with Gasteiger partial charge in [-0.2, -0.15) is 5.10 Å². The lowest BCUT2D eigenvalue weighted by Gasteiger charge is -2.09. The van der Waals surface area contributed by atoms with Gasteiger partial charge in [0.05, 0.1) is 31.1 Å². The Kier molecular flexibility index (Phi) is 7.24. The molecule has 0 saturated carbocycles. The maximum absolute atomic E-state index is 12.3.